The molecule has 15 nitrogen and oxygen atoms in total. The summed E-state index contributed by atoms with van der Waals surface area (Å²) in [5, 5.41) is 34.8. The van der Waals surface area contributed by atoms with Gasteiger partial charge in [-0.2, -0.15) is 39.5 Å². The number of hydrogen-bond donors (Lipinski definition) is 6. The van der Waals surface area contributed by atoms with Gasteiger partial charge in [-0.15, -0.1) is 0 Å². The normalized spacial score (nSPS) is 11.0. The Bertz CT molecular complexity index is 2640. The number of nitrogens with zero attached hydrogens (tertiary/aromatic N) is 3. The molecule has 0 aliphatic carbocycles. The van der Waals surface area contributed by atoms with Crippen molar-refractivity contribution >= 4 is 35.6 Å². The topological polar surface area (TPSA) is 238 Å². The van der Waals surface area contributed by atoms with Crippen LogP contribution in [0.5, 0.6) is 0 Å². The molecule has 387 valence electrons. The van der Waals surface area contributed by atoms with Crippen molar-refractivity contribution < 1.29 is 122 Å². The molecule has 0 atom stereocenters. The Morgan fingerprint density at radius 3 is 0.726 bits per heavy atom. The molecule has 0 aliphatic rings. The van der Waals surface area contributed by atoms with Crippen LogP contribution in [0.15, 0.2) is 109 Å². The van der Waals surface area contributed by atoms with E-state index in [0.717, 1.165) is 36.4 Å². The molecule has 0 unspecified atom stereocenters. The number of amides is 3. The second-order valence-electron chi connectivity index (χ2n) is 14.6. The number of carbonyl (C=O) groups is 6. The fourth-order valence-corrected chi connectivity index (χ4v) is 6.08. The van der Waals surface area contributed by atoms with Gasteiger partial charge in [-0.25, -0.2) is 29.3 Å². The van der Waals surface area contributed by atoms with Crippen molar-refractivity contribution in [2.45, 2.75) is 39.3 Å². The molecule has 3 aromatic carbocycles. The largest absolute Gasteiger partial charge is 0.477 e. The number of hydrogen-bond acceptors (Lipinski definition) is 9. The monoisotopic (exact) mass is 1170 g/mol. The maximum absolute atomic E-state index is 12.6. The van der Waals surface area contributed by atoms with Gasteiger partial charge in [0.15, 0.2) is 0 Å². The van der Waals surface area contributed by atoms with E-state index in [1.165, 1.54) is 72.8 Å². The van der Waals surface area contributed by atoms with Crippen LogP contribution in [0.4, 0.5) is 39.5 Å². The van der Waals surface area contributed by atoms with Crippen molar-refractivity contribution in [3.8, 4) is 33.4 Å². The first kappa shape index (κ1) is 59.9. The van der Waals surface area contributed by atoms with Crippen LogP contribution < -0.4 is 16.0 Å². The summed E-state index contributed by atoms with van der Waals surface area (Å²) in [4.78, 5) is 80.3. The molecule has 0 fully saturated rings. The third-order valence-corrected chi connectivity index (χ3v) is 9.48. The van der Waals surface area contributed by atoms with Gasteiger partial charge in [0, 0.05) is 58.2 Å². The molecule has 73 heavy (non-hydrogen) atoms. The molecule has 6 aromatic rings. The molecule has 1 radical (unpaired) electrons. The molecule has 6 N–H and O–H groups in total. The smallest absolute Gasteiger partial charge is 0.416 e. The van der Waals surface area contributed by atoms with E-state index in [2.05, 4.69) is 30.9 Å². The number of pyridine rings is 3. The molecule has 0 saturated heterocycles. The number of benzene rings is 3. The van der Waals surface area contributed by atoms with Crippen LogP contribution in [0, 0.1) is 38.6 Å². The van der Waals surface area contributed by atoms with E-state index in [1.54, 1.807) is 20.8 Å². The van der Waals surface area contributed by atoms with E-state index in [4.69, 9.17) is 15.3 Å². The summed E-state index contributed by atoms with van der Waals surface area (Å²) in [6, 6.07) is 20.2. The molecule has 3 amide bonds. The van der Waals surface area contributed by atoms with Crippen molar-refractivity contribution in [2.75, 3.05) is 19.6 Å². The summed E-state index contributed by atoms with van der Waals surface area (Å²) in [5.41, 5.74) is -2.00. The minimum Gasteiger partial charge on any atom is -0.477 e. The molecule has 0 spiro atoms. The summed E-state index contributed by atoms with van der Waals surface area (Å²) in [6.45, 7) is 6.05. The first-order chi connectivity index (χ1) is 33.7. The van der Waals surface area contributed by atoms with E-state index in [1.807, 2.05) is 0 Å². The molecular weight excluding hydrogens is 1130 g/mol. The molecule has 6 rings (SSSR count). The van der Waals surface area contributed by atoms with Crippen molar-refractivity contribution in [1.82, 2.24) is 30.9 Å². The quantitative estimate of drug-likeness (QED) is 0.0628. The molecule has 0 bridgehead atoms. The van der Waals surface area contributed by atoms with Crippen molar-refractivity contribution in [2.24, 2.45) is 0 Å². The molecule has 0 saturated carbocycles. The van der Waals surface area contributed by atoms with E-state index >= 15 is 0 Å². The molecule has 3 heterocycles. The van der Waals surface area contributed by atoms with Crippen molar-refractivity contribution in [1.29, 1.82) is 0 Å². The van der Waals surface area contributed by atoms with Crippen LogP contribution in [0.25, 0.3) is 33.4 Å². The Labute approximate surface area is 438 Å². The van der Waals surface area contributed by atoms with Crippen LogP contribution in [0.3, 0.4) is 0 Å². The number of aromatic carboxylic acids is 3. The molecular formula is C48H39F9N6O9Tb. The van der Waals surface area contributed by atoms with E-state index < -0.39 is 70.8 Å². The number of halogens is 9. The molecule has 3 aromatic heterocycles. The zero-order valence-electron chi connectivity index (χ0n) is 37.9. The average Bonchev–Trinajstić information content (AvgIpc) is 3.33. The van der Waals surface area contributed by atoms with Crippen LogP contribution in [0.2, 0.25) is 0 Å². The van der Waals surface area contributed by atoms with Gasteiger partial charge in [-0.3, -0.25) is 14.4 Å². The SMILES string of the molecule is CCNC(=O)c1cc(-c2ccc(C(F)(F)F)cc2)cc(C(=O)O)n1.CCNC(=O)c1cc(-c2ccc(C(F)(F)F)cc2)cc(C(=O)O)n1.CCNC(=O)c1cc(-c2ccc(C(F)(F)F)cc2)cc(C(=O)O)n1.[Tb]. The number of alkyl halides is 9. The number of carbonyl (C=O) groups excluding carboxylic acids is 3. The summed E-state index contributed by atoms with van der Waals surface area (Å²) in [5.74, 6) is -5.70. The van der Waals surface area contributed by atoms with Crippen LogP contribution >= 0.6 is 0 Å². The maximum Gasteiger partial charge on any atom is 0.416 e. The van der Waals surface area contributed by atoms with Gasteiger partial charge >= 0.3 is 36.4 Å². The van der Waals surface area contributed by atoms with E-state index in [9.17, 15) is 68.3 Å². The summed E-state index contributed by atoms with van der Waals surface area (Å²) in [6.07, 6.45) is -13.4. The first-order valence-electron chi connectivity index (χ1n) is 20.8. The Hall–Kier alpha value is -7.41. The number of carboxylic acids is 3. The van der Waals surface area contributed by atoms with Crippen LogP contribution in [-0.4, -0.2) is 85.5 Å². The fourth-order valence-electron chi connectivity index (χ4n) is 6.08. The minimum absolute atomic E-state index is 0. The van der Waals surface area contributed by atoms with E-state index in [0.29, 0.717) is 36.3 Å². The van der Waals surface area contributed by atoms with E-state index in [-0.39, 0.29) is 89.5 Å². The Balaban J connectivity index is 0.000000287. The Kier molecular flexibility index (Phi) is 21.2. The predicted molar refractivity (Wildman–Crippen MR) is 239 cm³/mol. The minimum atomic E-state index is -4.46. The summed E-state index contributed by atoms with van der Waals surface area (Å²) in [7, 11) is 0. The van der Waals surface area contributed by atoms with Crippen molar-refractivity contribution in [3.63, 3.8) is 0 Å². The van der Waals surface area contributed by atoms with Gasteiger partial charge < -0.3 is 31.3 Å². The third kappa shape index (κ3) is 17.1. The second-order valence-corrected chi connectivity index (χ2v) is 14.6. The van der Waals surface area contributed by atoms with Gasteiger partial charge in [0.2, 0.25) is 0 Å². The standard InChI is InChI=1S/3C16H13F3N2O3.Tb/c3*1-2-20-14(22)12-7-10(8-13(21-12)15(23)24)9-3-5-11(6-4-9)16(17,18)19;/h3*3-8H,2H2,1H3,(H,20,22)(H,23,24);. The third-order valence-electron chi connectivity index (χ3n) is 9.48. The maximum atomic E-state index is 12.6. The predicted octanol–water partition coefficient (Wildman–Crippen LogP) is 9.65. The van der Waals surface area contributed by atoms with Gasteiger partial charge in [0.05, 0.1) is 16.7 Å². The van der Waals surface area contributed by atoms with Gasteiger partial charge in [0.25, 0.3) is 17.7 Å². The first-order valence-corrected chi connectivity index (χ1v) is 20.8. The zero-order valence-corrected chi connectivity index (χ0v) is 40.0. The van der Waals surface area contributed by atoms with Crippen LogP contribution in [-0.2, 0) is 18.5 Å². The Morgan fingerprint density at radius 1 is 0.370 bits per heavy atom. The fraction of sp³-hybridized carbons (Fsp3) is 0.188. The summed E-state index contributed by atoms with van der Waals surface area (Å²) < 4.78 is 113. The van der Waals surface area contributed by atoms with Crippen LogP contribution in [0.1, 0.15) is 100 Å². The number of rotatable bonds is 12. The number of aromatic nitrogens is 3. The molecule has 0 aliphatic heterocycles. The second kappa shape index (κ2) is 25.8. The molecule has 25 heteroatoms. The number of carboxylic acid groups (broad SMARTS) is 3. The van der Waals surface area contributed by atoms with Gasteiger partial charge in [-0.1, -0.05) is 36.4 Å². The number of nitrogens with one attached hydrogen (secondary N) is 3. The van der Waals surface area contributed by atoms with Gasteiger partial charge in [0.1, 0.15) is 34.2 Å². The van der Waals surface area contributed by atoms with Crippen molar-refractivity contribution in [3.05, 3.63) is 160 Å². The van der Waals surface area contributed by atoms with Gasteiger partial charge in [-0.05, 0) is 127 Å². The zero-order chi connectivity index (χ0) is 53.7. The Morgan fingerprint density at radius 2 is 0.562 bits per heavy atom. The summed E-state index contributed by atoms with van der Waals surface area (Å²) >= 11 is 0. The average molecular weight is 1170 g/mol.